The molecule has 0 spiro atoms. The fourth-order valence-corrected chi connectivity index (χ4v) is 2.96. The second-order valence-electron chi connectivity index (χ2n) is 4.76. The van der Waals surface area contributed by atoms with Crippen molar-refractivity contribution in [2.75, 3.05) is 0 Å². The zero-order valence-electron chi connectivity index (χ0n) is 10.2. The van der Waals surface area contributed by atoms with E-state index in [0.717, 1.165) is 4.47 Å². The molecule has 4 rings (SSSR count). The van der Waals surface area contributed by atoms with E-state index in [9.17, 15) is 0 Å². The Labute approximate surface area is 119 Å². The normalized spacial score (nSPS) is 11.4. The topological polar surface area (TPSA) is 0 Å². The second kappa shape index (κ2) is 4.07. The summed E-state index contributed by atoms with van der Waals surface area (Å²) in [5.41, 5.74) is 0. The standard InChI is InChI=1S/C18H10Br/c19-16-8-7-12-5-6-15-9-13-3-1-2-4-14(13)10-17(15)18(12)11-16/h1-10H. The van der Waals surface area contributed by atoms with Gasteiger partial charge in [-0.25, -0.2) is 0 Å². The van der Waals surface area contributed by atoms with Gasteiger partial charge < -0.3 is 0 Å². The van der Waals surface area contributed by atoms with Crippen molar-refractivity contribution in [2.24, 2.45) is 0 Å². The molecular formula is C18H10Br. The molecule has 0 aromatic heterocycles. The van der Waals surface area contributed by atoms with Crippen LogP contribution in [0.3, 0.4) is 0 Å². The molecule has 1 radical (unpaired) electrons. The summed E-state index contributed by atoms with van der Waals surface area (Å²) in [5.74, 6) is 0. The van der Waals surface area contributed by atoms with E-state index in [4.69, 9.17) is 0 Å². The van der Waals surface area contributed by atoms with Gasteiger partial charge in [0.25, 0.3) is 0 Å². The van der Waals surface area contributed by atoms with Crippen molar-refractivity contribution < 1.29 is 0 Å². The lowest BCUT2D eigenvalue weighted by molar-refractivity contribution is 1.71. The van der Waals surface area contributed by atoms with Gasteiger partial charge in [0.05, 0.1) is 0 Å². The van der Waals surface area contributed by atoms with Crippen molar-refractivity contribution in [3.8, 4) is 0 Å². The van der Waals surface area contributed by atoms with Crippen LogP contribution >= 0.6 is 15.9 Å². The molecule has 0 saturated heterocycles. The zero-order chi connectivity index (χ0) is 12.8. The van der Waals surface area contributed by atoms with Crippen LogP contribution in [0.1, 0.15) is 0 Å². The summed E-state index contributed by atoms with van der Waals surface area (Å²) in [6.45, 7) is 0. The lowest BCUT2D eigenvalue weighted by Crippen LogP contribution is -1.80. The third kappa shape index (κ3) is 1.73. The Balaban J connectivity index is 2.25. The third-order valence-corrected chi connectivity index (χ3v) is 4.03. The van der Waals surface area contributed by atoms with E-state index in [1.807, 2.05) is 6.07 Å². The van der Waals surface area contributed by atoms with E-state index < -0.39 is 0 Å². The molecule has 0 unspecified atom stereocenters. The third-order valence-electron chi connectivity index (χ3n) is 3.57. The highest BCUT2D eigenvalue weighted by atomic mass is 79.9. The number of fused-ring (bicyclic) bond motifs is 4. The highest BCUT2D eigenvalue weighted by Gasteiger charge is 2.03. The van der Waals surface area contributed by atoms with Gasteiger partial charge in [-0.05, 0) is 50.5 Å². The summed E-state index contributed by atoms with van der Waals surface area (Å²) in [7, 11) is 0. The van der Waals surface area contributed by atoms with Gasteiger partial charge in [-0.1, -0.05) is 58.4 Å². The molecule has 0 nitrogen and oxygen atoms in total. The molecule has 0 aliphatic rings. The first-order valence-electron chi connectivity index (χ1n) is 6.24. The molecular weight excluding hydrogens is 296 g/mol. The van der Waals surface area contributed by atoms with Crippen molar-refractivity contribution in [1.82, 2.24) is 0 Å². The SMILES string of the molecule is Brc1[c]c2c(cc1)ccc1cc3ccccc3cc12. The van der Waals surface area contributed by atoms with Gasteiger partial charge in [0.2, 0.25) is 0 Å². The maximum Gasteiger partial charge on any atom is 0.0261 e. The molecule has 0 aliphatic heterocycles. The summed E-state index contributed by atoms with van der Waals surface area (Å²) in [4.78, 5) is 0. The molecule has 0 saturated carbocycles. The van der Waals surface area contributed by atoms with Gasteiger partial charge in [0, 0.05) is 10.5 Å². The van der Waals surface area contributed by atoms with E-state index >= 15 is 0 Å². The molecule has 0 bridgehead atoms. The number of halogens is 1. The Kier molecular flexibility index (Phi) is 2.36. The van der Waals surface area contributed by atoms with Gasteiger partial charge in [-0.3, -0.25) is 0 Å². The molecule has 1 heteroatoms. The summed E-state index contributed by atoms with van der Waals surface area (Å²) < 4.78 is 1.00. The fourth-order valence-electron chi connectivity index (χ4n) is 2.63. The van der Waals surface area contributed by atoms with Crippen LogP contribution in [0.15, 0.2) is 65.1 Å². The van der Waals surface area contributed by atoms with Crippen LogP contribution in [0.25, 0.3) is 32.3 Å². The van der Waals surface area contributed by atoms with Gasteiger partial charge in [0.15, 0.2) is 0 Å². The molecule has 0 N–H and O–H groups in total. The van der Waals surface area contributed by atoms with E-state index in [1.54, 1.807) is 0 Å². The monoisotopic (exact) mass is 305 g/mol. The smallest absolute Gasteiger partial charge is 0.0261 e. The summed E-state index contributed by atoms with van der Waals surface area (Å²) in [5, 5.41) is 7.49. The first-order chi connectivity index (χ1) is 9.31. The van der Waals surface area contributed by atoms with Gasteiger partial charge in [-0.15, -0.1) is 0 Å². The Morgan fingerprint density at radius 3 is 2.21 bits per heavy atom. The number of hydrogen-bond donors (Lipinski definition) is 0. The number of hydrogen-bond acceptors (Lipinski definition) is 0. The van der Waals surface area contributed by atoms with Crippen molar-refractivity contribution in [3.63, 3.8) is 0 Å². The predicted molar refractivity (Wildman–Crippen MR) is 85.5 cm³/mol. The molecule has 0 heterocycles. The lowest BCUT2D eigenvalue weighted by atomic mass is 9.98. The van der Waals surface area contributed by atoms with E-state index in [0.29, 0.717) is 0 Å². The quantitative estimate of drug-likeness (QED) is 0.288. The second-order valence-corrected chi connectivity index (χ2v) is 5.61. The maximum absolute atomic E-state index is 3.51. The Morgan fingerprint density at radius 2 is 1.37 bits per heavy atom. The van der Waals surface area contributed by atoms with Crippen LogP contribution in [-0.2, 0) is 0 Å². The molecule has 4 aromatic carbocycles. The maximum atomic E-state index is 3.51. The van der Waals surface area contributed by atoms with Crippen LogP contribution in [0.5, 0.6) is 0 Å². The molecule has 4 aromatic rings. The summed E-state index contributed by atoms with van der Waals surface area (Å²) >= 11 is 3.51. The molecule has 0 atom stereocenters. The Morgan fingerprint density at radius 1 is 0.684 bits per heavy atom. The zero-order valence-corrected chi connectivity index (χ0v) is 11.7. The van der Waals surface area contributed by atoms with Gasteiger partial charge >= 0.3 is 0 Å². The van der Waals surface area contributed by atoms with Crippen LogP contribution in [0.4, 0.5) is 0 Å². The highest BCUT2D eigenvalue weighted by Crippen LogP contribution is 2.30. The Hall–Kier alpha value is -1.86. The van der Waals surface area contributed by atoms with Crippen molar-refractivity contribution in [2.45, 2.75) is 0 Å². The molecule has 0 fully saturated rings. The Bertz CT molecular complexity index is 922. The predicted octanol–water partition coefficient (Wildman–Crippen LogP) is 5.71. The largest absolute Gasteiger partial charge is 0.0616 e. The lowest BCUT2D eigenvalue weighted by Gasteiger charge is -2.06. The average Bonchev–Trinajstić information content (AvgIpc) is 2.45. The molecule has 0 amide bonds. The van der Waals surface area contributed by atoms with E-state index in [-0.39, 0.29) is 0 Å². The minimum atomic E-state index is 1.00. The summed E-state index contributed by atoms with van der Waals surface area (Å²) in [6.07, 6.45) is 0. The fraction of sp³-hybridized carbons (Fsp3) is 0. The number of rotatable bonds is 0. The first-order valence-corrected chi connectivity index (χ1v) is 7.04. The van der Waals surface area contributed by atoms with E-state index in [2.05, 4.69) is 76.6 Å². The van der Waals surface area contributed by atoms with Crippen LogP contribution in [-0.4, -0.2) is 0 Å². The summed E-state index contributed by atoms with van der Waals surface area (Å²) in [6, 6.07) is 24.9. The van der Waals surface area contributed by atoms with Crippen molar-refractivity contribution in [1.29, 1.82) is 0 Å². The van der Waals surface area contributed by atoms with Crippen molar-refractivity contribution in [3.05, 3.63) is 71.2 Å². The van der Waals surface area contributed by atoms with Crippen LogP contribution < -0.4 is 0 Å². The van der Waals surface area contributed by atoms with Crippen LogP contribution in [0.2, 0.25) is 0 Å². The van der Waals surface area contributed by atoms with Gasteiger partial charge in [0.1, 0.15) is 0 Å². The molecule has 19 heavy (non-hydrogen) atoms. The minimum Gasteiger partial charge on any atom is -0.0616 e. The van der Waals surface area contributed by atoms with Gasteiger partial charge in [-0.2, -0.15) is 0 Å². The highest BCUT2D eigenvalue weighted by molar-refractivity contribution is 9.10. The molecule has 0 aliphatic carbocycles. The minimum absolute atomic E-state index is 1.00. The van der Waals surface area contributed by atoms with E-state index in [1.165, 1.54) is 32.3 Å². The first kappa shape index (κ1) is 11.0. The molecule has 89 valence electrons. The average molecular weight is 306 g/mol. The van der Waals surface area contributed by atoms with Crippen LogP contribution in [0, 0.1) is 6.07 Å². The van der Waals surface area contributed by atoms with Crippen molar-refractivity contribution >= 4 is 48.2 Å². The number of benzene rings is 4.